The van der Waals surface area contributed by atoms with Crippen molar-refractivity contribution in [3.8, 4) is 5.75 Å². The number of likely N-dealkylation sites (tertiary alicyclic amines) is 1. The molecule has 1 N–H and O–H groups in total. The van der Waals surface area contributed by atoms with Crippen LogP contribution in [0.1, 0.15) is 25.3 Å². The van der Waals surface area contributed by atoms with E-state index in [-0.39, 0.29) is 12.5 Å². The molecule has 21 heavy (non-hydrogen) atoms. The van der Waals surface area contributed by atoms with Gasteiger partial charge < -0.3 is 15.0 Å². The van der Waals surface area contributed by atoms with Gasteiger partial charge in [-0.25, -0.2) is 0 Å². The van der Waals surface area contributed by atoms with Crippen molar-refractivity contribution in [3.05, 3.63) is 29.8 Å². The third-order valence-electron chi connectivity index (χ3n) is 4.63. The van der Waals surface area contributed by atoms with Gasteiger partial charge in [-0.3, -0.25) is 4.79 Å². The molecule has 1 aromatic carbocycles. The van der Waals surface area contributed by atoms with E-state index >= 15 is 0 Å². The van der Waals surface area contributed by atoms with Crippen LogP contribution < -0.4 is 10.1 Å². The number of fused-ring (bicyclic) bond motifs is 1. The zero-order valence-corrected chi connectivity index (χ0v) is 12.8. The number of ether oxygens (including phenoxy) is 1. The molecule has 2 heterocycles. The van der Waals surface area contributed by atoms with Gasteiger partial charge in [0.1, 0.15) is 5.75 Å². The van der Waals surface area contributed by atoms with E-state index in [9.17, 15) is 4.79 Å². The number of benzene rings is 1. The molecule has 0 aromatic heterocycles. The molecule has 1 amide bonds. The van der Waals surface area contributed by atoms with Crippen LogP contribution in [0, 0.1) is 11.8 Å². The first-order valence-electron chi connectivity index (χ1n) is 7.84. The molecular formula is C17H24N2O2. The van der Waals surface area contributed by atoms with Crippen molar-refractivity contribution in [2.24, 2.45) is 11.8 Å². The fourth-order valence-electron chi connectivity index (χ4n) is 3.26. The van der Waals surface area contributed by atoms with Crippen LogP contribution in [0.3, 0.4) is 0 Å². The Morgan fingerprint density at radius 2 is 2.05 bits per heavy atom. The predicted molar refractivity (Wildman–Crippen MR) is 82.5 cm³/mol. The number of nitrogens with one attached hydrogen (secondary N) is 1. The van der Waals surface area contributed by atoms with Crippen LogP contribution in [0.15, 0.2) is 24.3 Å². The normalized spacial score (nSPS) is 24.4. The van der Waals surface area contributed by atoms with Crippen LogP contribution in [0.4, 0.5) is 0 Å². The number of carbonyl (C=O) groups excluding carboxylic acids is 1. The van der Waals surface area contributed by atoms with Gasteiger partial charge in [-0.1, -0.05) is 26.0 Å². The third-order valence-corrected chi connectivity index (χ3v) is 4.63. The highest BCUT2D eigenvalue weighted by Crippen LogP contribution is 2.26. The topological polar surface area (TPSA) is 41.6 Å². The fraction of sp³-hybridized carbons (Fsp3) is 0.588. The standard InChI is InChI=1S/C17H24N2O2/c1-12(2)13-4-3-5-16(6-13)21-11-17(20)19-9-14-7-18-8-15(14)10-19/h3-6,12,14-15,18H,7-11H2,1-2H3/t14-,15+. The summed E-state index contributed by atoms with van der Waals surface area (Å²) in [7, 11) is 0. The smallest absolute Gasteiger partial charge is 0.260 e. The minimum Gasteiger partial charge on any atom is -0.484 e. The van der Waals surface area contributed by atoms with Gasteiger partial charge in [0.2, 0.25) is 0 Å². The lowest BCUT2D eigenvalue weighted by atomic mass is 10.0. The van der Waals surface area contributed by atoms with Gasteiger partial charge in [0.15, 0.2) is 6.61 Å². The molecule has 2 atom stereocenters. The highest BCUT2D eigenvalue weighted by atomic mass is 16.5. The number of hydrogen-bond acceptors (Lipinski definition) is 3. The molecule has 114 valence electrons. The maximum atomic E-state index is 12.2. The van der Waals surface area contributed by atoms with Crippen LogP contribution in [0.5, 0.6) is 5.75 Å². The summed E-state index contributed by atoms with van der Waals surface area (Å²) in [6.45, 7) is 8.31. The Balaban J connectivity index is 1.53. The van der Waals surface area contributed by atoms with Crippen LogP contribution in [0.2, 0.25) is 0 Å². The van der Waals surface area contributed by atoms with E-state index in [1.807, 2.05) is 23.1 Å². The SMILES string of the molecule is CC(C)c1cccc(OCC(=O)N2C[C@H]3CNC[C@H]3C2)c1. The van der Waals surface area contributed by atoms with Crippen molar-refractivity contribution in [1.29, 1.82) is 0 Å². The van der Waals surface area contributed by atoms with E-state index in [2.05, 4.69) is 25.2 Å². The Bertz CT molecular complexity index is 503. The Kier molecular flexibility index (Phi) is 4.15. The summed E-state index contributed by atoms with van der Waals surface area (Å²) < 4.78 is 5.69. The second-order valence-electron chi connectivity index (χ2n) is 6.49. The number of nitrogens with zero attached hydrogens (tertiary/aromatic N) is 1. The first-order chi connectivity index (χ1) is 10.1. The predicted octanol–water partition coefficient (Wildman–Crippen LogP) is 1.87. The summed E-state index contributed by atoms with van der Waals surface area (Å²) in [5, 5.41) is 3.39. The van der Waals surface area contributed by atoms with Crippen molar-refractivity contribution >= 4 is 5.91 Å². The molecule has 4 heteroatoms. The largest absolute Gasteiger partial charge is 0.484 e. The third kappa shape index (κ3) is 3.21. The van der Waals surface area contributed by atoms with Gasteiger partial charge in [0.25, 0.3) is 5.91 Å². The average molecular weight is 288 g/mol. The van der Waals surface area contributed by atoms with Gasteiger partial charge in [0.05, 0.1) is 0 Å². The maximum absolute atomic E-state index is 12.2. The molecule has 2 aliphatic rings. The average Bonchev–Trinajstić information content (AvgIpc) is 3.06. The molecule has 0 saturated carbocycles. The van der Waals surface area contributed by atoms with Crippen LogP contribution in [-0.4, -0.2) is 43.6 Å². The zero-order valence-electron chi connectivity index (χ0n) is 12.8. The van der Waals surface area contributed by atoms with E-state index in [4.69, 9.17) is 4.74 Å². The molecule has 3 rings (SSSR count). The van der Waals surface area contributed by atoms with E-state index in [1.165, 1.54) is 5.56 Å². The minimum atomic E-state index is 0.111. The molecule has 4 nitrogen and oxygen atoms in total. The maximum Gasteiger partial charge on any atom is 0.260 e. The molecule has 0 bridgehead atoms. The summed E-state index contributed by atoms with van der Waals surface area (Å²) >= 11 is 0. The molecule has 0 unspecified atom stereocenters. The molecule has 2 aliphatic heterocycles. The molecule has 0 aliphatic carbocycles. The highest BCUT2D eigenvalue weighted by molar-refractivity contribution is 5.78. The summed E-state index contributed by atoms with van der Waals surface area (Å²) in [5.74, 6) is 2.64. The highest BCUT2D eigenvalue weighted by Gasteiger charge is 2.37. The van der Waals surface area contributed by atoms with Crippen molar-refractivity contribution in [2.75, 3.05) is 32.8 Å². The van der Waals surface area contributed by atoms with E-state index < -0.39 is 0 Å². The fourth-order valence-corrected chi connectivity index (χ4v) is 3.26. The van der Waals surface area contributed by atoms with Crippen LogP contribution in [-0.2, 0) is 4.79 Å². The minimum absolute atomic E-state index is 0.111. The molecule has 0 radical (unpaired) electrons. The Hall–Kier alpha value is -1.55. The second kappa shape index (κ2) is 6.06. The van der Waals surface area contributed by atoms with Crippen molar-refractivity contribution < 1.29 is 9.53 Å². The van der Waals surface area contributed by atoms with Crippen molar-refractivity contribution in [2.45, 2.75) is 19.8 Å². The van der Waals surface area contributed by atoms with Crippen molar-refractivity contribution in [1.82, 2.24) is 10.2 Å². The van der Waals surface area contributed by atoms with E-state index in [1.54, 1.807) is 0 Å². The lowest BCUT2D eigenvalue weighted by Crippen LogP contribution is -2.35. The number of amides is 1. The Morgan fingerprint density at radius 3 is 2.71 bits per heavy atom. The molecule has 2 saturated heterocycles. The quantitative estimate of drug-likeness (QED) is 0.919. The molecule has 2 fully saturated rings. The van der Waals surface area contributed by atoms with Gasteiger partial charge in [0, 0.05) is 26.2 Å². The van der Waals surface area contributed by atoms with E-state index in [0.717, 1.165) is 31.9 Å². The summed E-state index contributed by atoms with van der Waals surface area (Å²) in [6, 6.07) is 8.03. The summed E-state index contributed by atoms with van der Waals surface area (Å²) in [4.78, 5) is 14.2. The van der Waals surface area contributed by atoms with E-state index in [0.29, 0.717) is 17.8 Å². The molecular weight excluding hydrogens is 264 g/mol. The number of rotatable bonds is 4. The van der Waals surface area contributed by atoms with Gasteiger partial charge in [-0.2, -0.15) is 0 Å². The van der Waals surface area contributed by atoms with Crippen LogP contribution in [0.25, 0.3) is 0 Å². The molecule has 0 spiro atoms. The summed E-state index contributed by atoms with van der Waals surface area (Å²) in [5.41, 5.74) is 1.24. The zero-order chi connectivity index (χ0) is 14.8. The van der Waals surface area contributed by atoms with Gasteiger partial charge >= 0.3 is 0 Å². The van der Waals surface area contributed by atoms with Crippen molar-refractivity contribution in [3.63, 3.8) is 0 Å². The van der Waals surface area contributed by atoms with Gasteiger partial charge in [-0.05, 0) is 35.4 Å². The number of hydrogen-bond donors (Lipinski definition) is 1. The van der Waals surface area contributed by atoms with Gasteiger partial charge in [-0.15, -0.1) is 0 Å². The van der Waals surface area contributed by atoms with Crippen LogP contribution >= 0.6 is 0 Å². The summed E-state index contributed by atoms with van der Waals surface area (Å²) in [6.07, 6.45) is 0. The first-order valence-corrected chi connectivity index (χ1v) is 7.84. The lowest BCUT2D eigenvalue weighted by molar-refractivity contribution is -0.132. The number of carbonyl (C=O) groups is 1. The second-order valence-corrected chi connectivity index (χ2v) is 6.49. The Labute approximate surface area is 126 Å². The Morgan fingerprint density at radius 1 is 1.33 bits per heavy atom. The monoisotopic (exact) mass is 288 g/mol. The molecule has 1 aromatic rings. The first kappa shape index (κ1) is 14.4. The lowest BCUT2D eigenvalue weighted by Gasteiger charge is -2.18.